The number of hydrogen-bond donors (Lipinski definition) is 1. The first kappa shape index (κ1) is 16.5. The number of amides is 1. The van der Waals surface area contributed by atoms with Crippen molar-refractivity contribution in [1.82, 2.24) is 9.88 Å². The van der Waals surface area contributed by atoms with Crippen LogP contribution in [-0.4, -0.2) is 49.1 Å². The summed E-state index contributed by atoms with van der Waals surface area (Å²) < 4.78 is 5.21. The van der Waals surface area contributed by atoms with E-state index in [1.54, 1.807) is 7.11 Å². The standard InChI is InChI=1S/C21H23N3O2/c1-15-13-17-14-16(3-8-20(17)22-15)21(25)24-11-9-23(10-12-24)18-4-6-19(26-2)7-5-18/h3-8,13-14,22H,9-12H2,1-2H3. The van der Waals surface area contributed by atoms with Crippen LogP contribution in [0, 0.1) is 6.92 Å². The van der Waals surface area contributed by atoms with Crippen LogP contribution in [0.25, 0.3) is 10.9 Å². The summed E-state index contributed by atoms with van der Waals surface area (Å²) in [7, 11) is 1.67. The molecule has 2 aromatic carbocycles. The van der Waals surface area contributed by atoms with Crippen LogP contribution in [0.2, 0.25) is 0 Å². The normalized spacial score (nSPS) is 14.7. The Morgan fingerprint density at radius 3 is 2.42 bits per heavy atom. The van der Waals surface area contributed by atoms with Crippen molar-refractivity contribution in [3.05, 3.63) is 59.8 Å². The van der Waals surface area contributed by atoms with Gasteiger partial charge < -0.3 is 19.5 Å². The molecule has 2 heterocycles. The molecule has 1 saturated heterocycles. The predicted molar refractivity (Wildman–Crippen MR) is 104 cm³/mol. The topological polar surface area (TPSA) is 48.6 Å². The van der Waals surface area contributed by atoms with Crippen molar-refractivity contribution in [3.8, 4) is 5.75 Å². The molecule has 0 radical (unpaired) electrons. The molecule has 1 aliphatic rings. The summed E-state index contributed by atoms with van der Waals surface area (Å²) in [6.45, 7) is 5.16. The Bertz CT molecular complexity index is 922. The highest BCUT2D eigenvalue weighted by molar-refractivity contribution is 5.98. The fraction of sp³-hybridized carbons (Fsp3) is 0.286. The van der Waals surface area contributed by atoms with Crippen molar-refractivity contribution < 1.29 is 9.53 Å². The van der Waals surface area contributed by atoms with Gasteiger partial charge in [0.25, 0.3) is 5.91 Å². The monoisotopic (exact) mass is 349 g/mol. The Kier molecular flexibility index (Phi) is 4.29. The van der Waals surface area contributed by atoms with Gasteiger partial charge in [-0.3, -0.25) is 4.79 Å². The lowest BCUT2D eigenvalue weighted by Crippen LogP contribution is -2.48. The SMILES string of the molecule is COc1ccc(N2CCN(C(=O)c3ccc4[nH]c(C)cc4c3)CC2)cc1. The van der Waals surface area contributed by atoms with Crippen molar-refractivity contribution in [1.29, 1.82) is 0 Å². The minimum atomic E-state index is 0.111. The summed E-state index contributed by atoms with van der Waals surface area (Å²) in [5, 5.41) is 1.09. The van der Waals surface area contributed by atoms with Gasteiger partial charge in [0.05, 0.1) is 7.11 Å². The lowest BCUT2D eigenvalue weighted by atomic mass is 10.1. The van der Waals surface area contributed by atoms with Crippen molar-refractivity contribution in [3.63, 3.8) is 0 Å². The van der Waals surface area contributed by atoms with Crippen LogP contribution in [0.4, 0.5) is 5.69 Å². The summed E-state index contributed by atoms with van der Waals surface area (Å²) in [6.07, 6.45) is 0. The number of aryl methyl sites for hydroxylation is 1. The zero-order valence-corrected chi connectivity index (χ0v) is 15.2. The number of rotatable bonds is 3. The predicted octanol–water partition coefficient (Wildman–Crippen LogP) is 3.45. The van der Waals surface area contributed by atoms with Gasteiger partial charge in [-0.25, -0.2) is 0 Å². The molecule has 1 N–H and O–H groups in total. The molecule has 1 fully saturated rings. The summed E-state index contributed by atoms with van der Waals surface area (Å²) in [5.74, 6) is 0.970. The van der Waals surface area contributed by atoms with Gasteiger partial charge in [0.2, 0.25) is 0 Å². The van der Waals surface area contributed by atoms with E-state index in [2.05, 4.69) is 28.1 Å². The first-order valence-electron chi connectivity index (χ1n) is 8.92. The molecule has 26 heavy (non-hydrogen) atoms. The van der Waals surface area contributed by atoms with Gasteiger partial charge in [-0.15, -0.1) is 0 Å². The van der Waals surface area contributed by atoms with E-state index in [1.807, 2.05) is 42.2 Å². The van der Waals surface area contributed by atoms with Crippen LogP contribution in [0.1, 0.15) is 16.1 Å². The molecular formula is C21H23N3O2. The summed E-state index contributed by atoms with van der Waals surface area (Å²) >= 11 is 0. The van der Waals surface area contributed by atoms with E-state index in [0.29, 0.717) is 0 Å². The number of H-pyrrole nitrogens is 1. The Hall–Kier alpha value is -2.95. The zero-order valence-electron chi connectivity index (χ0n) is 15.2. The molecule has 5 heteroatoms. The van der Waals surface area contributed by atoms with Gasteiger partial charge in [0.1, 0.15) is 5.75 Å². The number of piperazine rings is 1. The summed E-state index contributed by atoms with van der Waals surface area (Å²) in [6, 6.07) is 16.0. The Morgan fingerprint density at radius 2 is 1.73 bits per heavy atom. The number of aromatic amines is 1. The molecular weight excluding hydrogens is 326 g/mol. The number of methoxy groups -OCH3 is 1. The Labute approximate surface area is 153 Å². The van der Waals surface area contributed by atoms with Gasteiger partial charge in [0, 0.05) is 54.0 Å². The molecule has 1 aromatic heterocycles. The second-order valence-corrected chi connectivity index (χ2v) is 6.73. The average Bonchev–Trinajstić information content (AvgIpc) is 3.07. The Balaban J connectivity index is 1.43. The molecule has 0 spiro atoms. The maximum absolute atomic E-state index is 12.9. The lowest BCUT2D eigenvalue weighted by Gasteiger charge is -2.36. The van der Waals surface area contributed by atoms with E-state index in [0.717, 1.165) is 54.1 Å². The Morgan fingerprint density at radius 1 is 1.00 bits per heavy atom. The van der Waals surface area contributed by atoms with E-state index in [9.17, 15) is 4.79 Å². The van der Waals surface area contributed by atoms with Crippen LogP contribution in [0.5, 0.6) is 5.75 Å². The highest BCUT2D eigenvalue weighted by atomic mass is 16.5. The number of nitrogens with one attached hydrogen (secondary N) is 1. The number of ether oxygens (including phenoxy) is 1. The molecule has 0 aliphatic carbocycles. The van der Waals surface area contributed by atoms with Crippen LogP contribution < -0.4 is 9.64 Å². The van der Waals surface area contributed by atoms with Gasteiger partial charge in [-0.2, -0.15) is 0 Å². The van der Waals surface area contributed by atoms with Crippen molar-refractivity contribution in [2.45, 2.75) is 6.92 Å². The molecule has 4 rings (SSSR count). The molecule has 3 aromatic rings. The summed E-state index contributed by atoms with van der Waals surface area (Å²) in [4.78, 5) is 20.4. The van der Waals surface area contributed by atoms with E-state index in [4.69, 9.17) is 4.74 Å². The maximum Gasteiger partial charge on any atom is 0.253 e. The number of fused-ring (bicyclic) bond motifs is 1. The highest BCUT2D eigenvalue weighted by Gasteiger charge is 2.22. The molecule has 134 valence electrons. The molecule has 0 atom stereocenters. The first-order valence-corrected chi connectivity index (χ1v) is 8.92. The van der Waals surface area contributed by atoms with E-state index < -0.39 is 0 Å². The number of carbonyl (C=O) groups excluding carboxylic acids is 1. The molecule has 0 bridgehead atoms. The van der Waals surface area contributed by atoms with Gasteiger partial charge in [-0.1, -0.05) is 0 Å². The number of aromatic nitrogens is 1. The number of carbonyl (C=O) groups is 1. The first-order chi connectivity index (χ1) is 12.6. The smallest absolute Gasteiger partial charge is 0.253 e. The van der Waals surface area contributed by atoms with Crippen molar-refractivity contribution >= 4 is 22.5 Å². The minimum Gasteiger partial charge on any atom is -0.497 e. The number of benzene rings is 2. The zero-order chi connectivity index (χ0) is 18.1. The second kappa shape index (κ2) is 6.75. The van der Waals surface area contributed by atoms with Crippen LogP contribution in [0.3, 0.4) is 0 Å². The van der Waals surface area contributed by atoms with Crippen molar-refractivity contribution in [2.75, 3.05) is 38.2 Å². The average molecular weight is 349 g/mol. The largest absolute Gasteiger partial charge is 0.497 e. The third-order valence-electron chi connectivity index (χ3n) is 5.01. The van der Waals surface area contributed by atoms with Gasteiger partial charge in [-0.05, 0) is 55.5 Å². The number of hydrogen-bond acceptors (Lipinski definition) is 3. The third-order valence-corrected chi connectivity index (χ3v) is 5.01. The quantitative estimate of drug-likeness (QED) is 0.788. The molecule has 1 aliphatic heterocycles. The minimum absolute atomic E-state index is 0.111. The van der Waals surface area contributed by atoms with E-state index in [-0.39, 0.29) is 5.91 Å². The van der Waals surface area contributed by atoms with Crippen LogP contribution >= 0.6 is 0 Å². The van der Waals surface area contributed by atoms with Crippen LogP contribution in [-0.2, 0) is 0 Å². The third kappa shape index (κ3) is 3.12. The molecule has 0 unspecified atom stereocenters. The lowest BCUT2D eigenvalue weighted by molar-refractivity contribution is 0.0747. The maximum atomic E-state index is 12.9. The van der Waals surface area contributed by atoms with Gasteiger partial charge in [0.15, 0.2) is 0 Å². The molecule has 0 saturated carbocycles. The fourth-order valence-corrected chi connectivity index (χ4v) is 3.55. The number of nitrogens with zero attached hydrogens (tertiary/aromatic N) is 2. The molecule has 1 amide bonds. The van der Waals surface area contributed by atoms with Crippen molar-refractivity contribution in [2.24, 2.45) is 0 Å². The fourth-order valence-electron chi connectivity index (χ4n) is 3.55. The molecule has 5 nitrogen and oxygen atoms in total. The highest BCUT2D eigenvalue weighted by Crippen LogP contribution is 2.22. The second-order valence-electron chi connectivity index (χ2n) is 6.73. The van der Waals surface area contributed by atoms with E-state index >= 15 is 0 Å². The number of anilines is 1. The van der Waals surface area contributed by atoms with Gasteiger partial charge >= 0.3 is 0 Å². The van der Waals surface area contributed by atoms with Crippen LogP contribution in [0.15, 0.2) is 48.5 Å². The van der Waals surface area contributed by atoms with E-state index in [1.165, 1.54) is 5.69 Å². The summed E-state index contributed by atoms with van der Waals surface area (Å²) in [5.41, 5.74) is 4.11.